The third kappa shape index (κ3) is 5.36. The molecule has 0 N–H and O–H groups in total. The zero-order valence-electron chi connectivity index (χ0n) is 22.7. The highest BCUT2D eigenvalue weighted by molar-refractivity contribution is 6.31. The van der Waals surface area contributed by atoms with Crippen LogP contribution in [0.15, 0.2) is 12.1 Å². The number of benzene rings is 1. The first-order valence-corrected chi connectivity index (χ1v) is 14.2. The number of ether oxygens (including phenoxy) is 1. The number of rotatable bonds is 7. The summed E-state index contributed by atoms with van der Waals surface area (Å²) in [6.07, 6.45) is 2.62. The van der Waals surface area contributed by atoms with Crippen LogP contribution in [0.5, 0.6) is 5.75 Å². The number of carbonyl (C=O) groups is 2. The highest BCUT2D eigenvalue weighted by Crippen LogP contribution is 2.43. The van der Waals surface area contributed by atoms with Crippen molar-refractivity contribution < 1.29 is 23.1 Å². The zero-order chi connectivity index (χ0) is 27.8. The molecule has 0 bridgehead atoms. The lowest BCUT2D eigenvalue weighted by Crippen LogP contribution is -2.49. The van der Waals surface area contributed by atoms with E-state index in [2.05, 4.69) is 17.2 Å². The lowest BCUT2D eigenvalue weighted by atomic mass is 9.78. The Balaban J connectivity index is 1.51. The normalized spacial score (nSPS) is 25.4. The monoisotopic (exact) mass is 563 g/mol. The maximum Gasteiger partial charge on any atom is 0.282 e. The molecule has 0 unspecified atom stereocenters. The molecular formula is C28H36ClF2N5O3. The Morgan fingerprint density at radius 2 is 1.95 bits per heavy atom. The standard InChI is InChI=1S/C28H36ClF2N5O3/c1-16-6-4-5-7-18(16)28(38)36-13-11-19-20(29)8-9-23(39-15-21-25(26(30)31)34(3)33-32-21)24(19)22(36)14-35-12-10-17(2)27(35)37/h8-9,16-18,22,26H,4-7,10-15H2,1-3H3/t16-,17-,18+,22+/m0/s1. The van der Waals surface area contributed by atoms with Gasteiger partial charge in [-0.3, -0.25) is 9.59 Å². The number of aryl methyl sites for hydroxylation is 1. The molecule has 0 spiro atoms. The highest BCUT2D eigenvalue weighted by Gasteiger charge is 2.41. The number of alkyl halides is 2. The predicted molar refractivity (Wildman–Crippen MR) is 141 cm³/mol. The molecule has 0 radical (unpaired) electrons. The molecule has 2 amide bonds. The molecule has 8 nitrogen and oxygen atoms in total. The quantitative estimate of drug-likeness (QED) is 0.468. The first-order valence-electron chi connectivity index (χ1n) is 13.9. The number of hydrogen-bond donors (Lipinski definition) is 0. The van der Waals surface area contributed by atoms with Gasteiger partial charge in [-0.05, 0) is 49.3 Å². The summed E-state index contributed by atoms with van der Waals surface area (Å²) in [6, 6.07) is 3.01. The van der Waals surface area contributed by atoms with E-state index in [0.717, 1.165) is 47.9 Å². The Labute approximate surface area is 232 Å². The van der Waals surface area contributed by atoms with Gasteiger partial charge in [-0.15, -0.1) is 5.10 Å². The summed E-state index contributed by atoms with van der Waals surface area (Å²) in [5.74, 6) is 0.812. The summed E-state index contributed by atoms with van der Waals surface area (Å²) in [7, 11) is 1.42. The van der Waals surface area contributed by atoms with Crippen LogP contribution in [0.1, 0.15) is 80.9 Å². The van der Waals surface area contributed by atoms with Crippen molar-refractivity contribution in [2.75, 3.05) is 19.6 Å². The van der Waals surface area contributed by atoms with E-state index in [-0.39, 0.29) is 41.6 Å². The van der Waals surface area contributed by atoms with Crippen LogP contribution in [0.3, 0.4) is 0 Å². The smallest absolute Gasteiger partial charge is 0.282 e. The van der Waals surface area contributed by atoms with Crippen molar-refractivity contribution in [1.82, 2.24) is 24.8 Å². The van der Waals surface area contributed by atoms with Gasteiger partial charge in [0.15, 0.2) is 0 Å². The molecule has 212 valence electrons. The summed E-state index contributed by atoms with van der Waals surface area (Å²) in [6.45, 7) is 5.33. The second kappa shape index (κ2) is 11.4. The van der Waals surface area contributed by atoms with Crippen LogP contribution in [-0.4, -0.2) is 56.2 Å². The average Bonchev–Trinajstić information content (AvgIpc) is 3.44. The van der Waals surface area contributed by atoms with Crippen LogP contribution in [0.4, 0.5) is 8.78 Å². The second-order valence-electron chi connectivity index (χ2n) is 11.2. The summed E-state index contributed by atoms with van der Waals surface area (Å²) in [5.41, 5.74) is 1.37. The number of likely N-dealkylation sites (tertiary alicyclic amines) is 1. The van der Waals surface area contributed by atoms with E-state index < -0.39 is 12.5 Å². The summed E-state index contributed by atoms with van der Waals surface area (Å²) in [5, 5.41) is 8.18. The fourth-order valence-corrected chi connectivity index (χ4v) is 6.72. The Hall–Kier alpha value is -2.75. The lowest BCUT2D eigenvalue weighted by molar-refractivity contribution is -0.143. The molecule has 1 saturated carbocycles. The van der Waals surface area contributed by atoms with Crippen molar-refractivity contribution in [3.63, 3.8) is 0 Å². The maximum atomic E-state index is 14.0. The molecule has 5 rings (SSSR count). The minimum absolute atomic E-state index is 0.0519. The van der Waals surface area contributed by atoms with Gasteiger partial charge < -0.3 is 14.5 Å². The Morgan fingerprint density at radius 3 is 2.64 bits per heavy atom. The third-order valence-electron chi connectivity index (χ3n) is 8.76. The van der Waals surface area contributed by atoms with Gasteiger partial charge in [0.1, 0.15) is 23.7 Å². The van der Waals surface area contributed by atoms with Crippen LogP contribution in [0.2, 0.25) is 5.02 Å². The molecule has 3 aliphatic rings. The lowest BCUT2D eigenvalue weighted by Gasteiger charge is -2.43. The first-order chi connectivity index (χ1) is 18.7. The number of fused-ring (bicyclic) bond motifs is 1. The molecule has 1 saturated heterocycles. The van der Waals surface area contributed by atoms with E-state index in [1.165, 1.54) is 7.05 Å². The molecule has 11 heteroatoms. The molecule has 2 aromatic rings. The van der Waals surface area contributed by atoms with Crippen LogP contribution in [0.25, 0.3) is 0 Å². The molecule has 2 fully saturated rings. The summed E-state index contributed by atoms with van der Waals surface area (Å²) >= 11 is 6.67. The Kier molecular flexibility index (Phi) is 8.12. The van der Waals surface area contributed by atoms with Gasteiger partial charge in [-0.2, -0.15) is 0 Å². The van der Waals surface area contributed by atoms with Gasteiger partial charge in [0.2, 0.25) is 11.8 Å². The van der Waals surface area contributed by atoms with Crippen molar-refractivity contribution in [2.24, 2.45) is 24.8 Å². The molecule has 1 aromatic heterocycles. The molecule has 39 heavy (non-hydrogen) atoms. The van der Waals surface area contributed by atoms with E-state index in [0.29, 0.717) is 42.7 Å². The van der Waals surface area contributed by atoms with E-state index in [4.69, 9.17) is 16.3 Å². The summed E-state index contributed by atoms with van der Waals surface area (Å²) in [4.78, 5) is 30.8. The van der Waals surface area contributed by atoms with Gasteiger partial charge >= 0.3 is 0 Å². The van der Waals surface area contributed by atoms with E-state index in [9.17, 15) is 18.4 Å². The van der Waals surface area contributed by atoms with Gasteiger partial charge in [0.25, 0.3) is 6.43 Å². The number of aromatic nitrogens is 3. The number of carbonyl (C=O) groups excluding carboxylic acids is 2. The molecule has 3 heterocycles. The fourth-order valence-electron chi connectivity index (χ4n) is 6.46. The van der Waals surface area contributed by atoms with E-state index in [1.807, 2.05) is 16.7 Å². The third-order valence-corrected chi connectivity index (χ3v) is 9.11. The van der Waals surface area contributed by atoms with Gasteiger partial charge in [0, 0.05) is 49.1 Å². The van der Waals surface area contributed by atoms with E-state index >= 15 is 0 Å². The van der Waals surface area contributed by atoms with Gasteiger partial charge in [-0.1, -0.05) is 43.5 Å². The van der Waals surface area contributed by atoms with Gasteiger partial charge in [-0.25, -0.2) is 13.5 Å². The fraction of sp³-hybridized carbons (Fsp3) is 0.643. The Bertz CT molecular complexity index is 1240. The number of nitrogens with zero attached hydrogens (tertiary/aromatic N) is 5. The highest BCUT2D eigenvalue weighted by atomic mass is 35.5. The van der Waals surface area contributed by atoms with Crippen LogP contribution in [0, 0.1) is 17.8 Å². The van der Waals surface area contributed by atoms with Crippen molar-refractivity contribution >= 4 is 23.4 Å². The SMILES string of the molecule is C[C@H]1CCN(C[C@@H]2c3c(OCc4nnn(C)c4C(F)F)ccc(Cl)c3CCN2C(=O)[C@@H]2CCCC[C@@H]2C)C1=O. The molecule has 2 aliphatic heterocycles. The van der Waals surface area contributed by atoms with Crippen LogP contribution >= 0.6 is 11.6 Å². The largest absolute Gasteiger partial charge is 0.487 e. The molecule has 1 aromatic carbocycles. The zero-order valence-corrected chi connectivity index (χ0v) is 23.5. The van der Waals surface area contributed by atoms with Crippen LogP contribution in [-0.2, 0) is 29.7 Å². The van der Waals surface area contributed by atoms with E-state index in [1.54, 1.807) is 12.1 Å². The van der Waals surface area contributed by atoms with Gasteiger partial charge in [0.05, 0.1) is 6.04 Å². The first kappa shape index (κ1) is 27.8. The maximum absolute atomic E-state index is 14.0. The minimum atomic E-state index is -2.75. The summed E-state index contributed by atoms with van der Waals surface area (Å²) < 4.78 is 34.4. The van der Waals surface area contributed by atoms with Crippen molar-refractivity contribution in [1.29, 1.82) is 0 Å². The topological polar surface area (TPSA) is 80.6 Å². The average molecular weight is 564 g/mol. The molecular weight excluding hydrogens is 528 g/mol. The van der Waals surface area contributed by atoms with Crippen molar-refractivity contribution in [2.45, 2.75) is 71.4 Å². The number of halogens is 3. The predicted octanol–water partition coefficient (Wildman–Crippen LogP) is 5.11. The van der Waals surface area contributed by atoms with Crippen molar-refractivity contribution in [3.05, 3.63) is 39.7 Å². The second-order valence-corrected chi connectivity index (χ2v) is 11.6. The number of amides is 2. The van der Waals surface area contributed by atoms with Crippen molar-refractivity contribution in [3.8, 4) is 5.75 Å². The number of hydrogen-bond acceptors (Lipinski definition) is 5. The molecule has 1 aliphatic carbocycles. The molecule has 4 atom stereocenters. The Morgan fingerprint density at radius 1 is 1.18 bits per heavy atom. The van der Waals surface area contributed by atoms with Crippen LogP contribution < -0.4 is 4.74 Å². The minimum Gasteiger partial charge on any atom is -0.487 e.